The highest BCUT2D eigenvalue weighted by Gasteiger charge is 2.18. The Bertz CT molecular complexity index is 596. The summed E-state index contributed by atoms with van der Waals surface area (Å²) in [6.07, 6.45) is 3.75. The molecule has 1 atom stereocenters. The zero-order valence-corrected chi connectivity index (χ0v) is 13.0. The number of halogens is 1. The molecule has 21 heavy (non-hydrogen) atoms. The number of aryl methyl sites for hydroxylation is 2. The summed E-state index contributed by atoms with van der Waals surface area (Å²) in [4.78, 5) is 4.55. The quantitative estimate of drug-likeness (QED) is 0.861. The van der Waals surface area contributed by atoms with E-state index in [1.807, 2.05) is 18.2 Å². The van der Waals surface area contributed by atoms with Crippen molar-refractivity contribution >= 4 is 0 Å². The highest BCUT2D eigenvalue weighted by atomic mass is 19.1. The Hall–Kier alpha value is -1.74. The first kappa shape index (κ1) is 15.6. The number of hydrogen-bond donors (Lipinski definition) is 1. The van der Waals surface area contributed by atoms with Crippen molar-refractivity contribution in [1.82, 2.24) is 10.3 Å². The van der Waals surface area contributed by atoms with Crippen LogP contribution in [0, 0.1) is 12.7 Å². The maximum Gasteiger partial charge on any atom is 0.126 e. The van der Waals surface area contributed by atoms with Gasteiger partial charge in [0.2, 0.25) is 0 Å². The molecule has 0 saturated carbocycles. The molecule has 1 N–H and O–H groups in total. The predicted molar refractivity (Wildman–Crippen MR) is 84.9 cm³/mol. The van der Waals surface area contributed by atoms with Gasteiger partial charge in [0.25, 0.3) is 0 Å². The average Bonchev–Trinajstić information content (AvgIpc) is 2.51. The number of aromatic nitrogens is 1. The summed E-state index contributed by atoms with van der Waals surface area (Å²) in [5.74, 6) is -0.162. The van der Waals surface area contributed by atoms with Crippen LogP contribution >= 0.6 is 0 Å². The molecule has 0 fully saturated rings. The first-order valence-corrected chi connectivity index (χ1v) is 7.60. The molecule has 1 aromatic heterocycles. The van der Waals surface area contributed by atoms with E-state index in [-0.39, 0.29) is 11.9 Å². The zero-order chi connectivity index (χ0) is 15.2. The van der Waals surface area contributed by atoms with Crippen molar-refractivity contribution in [3.8, 4) is 0 Å². The van der Waals surface area contributed by atoms with Crippen molar-refractivity contribution in [2.75, 3.05) is 6.54 Å². The molecule has 0 saturated heterocycles. The van der Waals surface area contributed by atoms with Gasteiger partial charge in [-0.15, -0.1) is 0 Å². The van der Waals surface area contributed by atoms with Gasteiger partial charge in [-0.3, -0.25) is 4.98 Å². The number of hydrogen-bond acceptors (Lipinski definition) is 2. The Morgan fingerprint density at radius 1 is 1.24 bits per heavy atom. The van der Waals surface area contributed by atoms with Gasteiger partial charge in [-0.2, -0.15) is 0 Å². The minimum absolute atomic E-state index is 0.0591. The number of pyridine rings is 1. The third-order valence-electron chi connectivity index (χ3n) is 3.71. The van der Waals surface area contributed by atoms with Crippen LogP contribution in [0.5, 0.6) is 0 Å². The molecule has 3 heteroatoms. The lowest BCUT2D eigenvalue weighted by Gasteiger charge is -2.21. The van der Waals surface area contributed by atoms with Crippen LogP contribution in [0.1, 0.15) is 48.7 Å². The van der Waals surface area contributed by atoms with Crippen molar-refractivity contribution < 1.29 is 4.39 Å². The lowest BCUT2D eigenvalue weighted by atomic mass is 9.97. The third kappa shape index (κ3) is 3.67. The topological polar surface area (TPSA) is 24.9 Å². The number of rotatable bonds is 6. The van der Waals surface area contributed by atoms with Crippen molar-refractivity contribution in [3.63, 3.8) is 0 Å². The van der Waals surface area contributed by atoms with E-state index in [1.165, 1.54) is 5.56 Å². The zero-order valence-electron chi connectivity index (χ0n) is 13.0. The van der Waals surface area contributed by atoms with Crippen LogP contribution < -0.4 is 5.32 Å². The fraction of sp³-hybridized carbons (Fsp3) is 0.389. The first-order valence-electron chi connectivity index (χ1n) is 7.60. The monoisotopic (exact) mass is 286 g/mol. The molecular formula is C18H23FN2. The molecular weight excluding hydrogens is 263 g/mol. The fourth-order valence-electron chi connectivity index (χ4n) is 2.46. The summed E-state index contributed by atoms with van der Waals surface area (Å²) >= 11 is 0. The first-order chi connectivity index (χ1) is 10.2. The van der Waals surface area contributed by atoms with E-state index in [2.05, 4.69) is 30.2 Å². The summed E-state index contributed by atoms with van der Waals surface area (Å²) in [5.41, 5.74) is 3.80. The Labute approximate surface area is 126 Å². The Morgan fingerprint density at radius 3 is 2.71 bits per heavy atom. The molecule has 2 nitrogen and oxygen atoms in total. The molecule has 2 rings (SSSR count). The van der Waals surface area contributed by atoms with Crippen molar-refractivity contribution in [1.29, 1.82) is 0 Å². The molecule has 0 bridgehead atoms. The smallest absolute Gasteiger partial charge is 0.126 e. The van der Waals surface area contributed by atoms with Gasteiger partial charge < -0.3 is 5.32 Å². The maximum atomic E-state index is 13.9. The number of nitrogens with zero attached hydrogens (tertiary/aromatic N) is 1. The molecule has 2 aromatic rings. The van der Waals surface area contributed by atoms with Gasteiger partial charge in [0.05, 0.1) is 11.7 Å². The van der Waals surface area contributed by atoms with Crippen LogP contribution in [0.25, 0.3) is 0 Å². The molecule has 0 amide bonds. The number of benzene rings is 1. The van der Waals surface area contributed by atoms with E-state index in [4.69, 9.17) is 0 Å². The molecule has 0 spiro atoms. The van der Waals surface area contributed by atoms with Crippen molar-refractivity contribution in [3.05, 3.63) is 64.7 Å². The van der Waals surface area contributed by atoms with E-state index in [1.54, 1.807) is 19.2 Å². The molecule has 0 aliphatic rings. The summed E-state index contributed by atoms with van der Waals surface area (Å²) in [6, 6.07) is 9.43. The lowest BCUT2D eigenvalue weighted by Crippen LogP contribution is -2.25. The molecule has 1 aromatic carbocycles. The summed E-state index contributed by atoms with van der Waals surface area (Å²) < 4.78 is 13.9. The van der Waals surface area contributed by atoms with Crippen molar-refractivity contribution in [2.24, 2.45) is 0 Å². The lowest BCUT2D eigenvalue weighted by molar-refractivity contribution is 0.570. The molecule has 0 radical (unpaired) electrons. The van der Waals surface area contributed by atoms with E-state index >= 15 is 0 Å². The van der Waals surface area contributed by atoms with Gasteiger partial charge >= 0.3 is 0 Å². The molecule has 1 heterocycles. The van der Waals surface area contributed by atoms with E-state index in [0.717, 1.165) is 30.6 Å². The van der Waals surface area contributed by atoms with Gasteiger partial charge in [0.15, 0.2) is 0 Å². The summed E-state index contributed by atoms with van der Waals surface area (Å²) in [5, 5.41) is 3.49. The van der Waals surface area contributed by atoms with Gasteiger partial charge in [0, 0.05) is 6.20 Å². The maximum absolute atomic E-state index is 13.9. The standard InChI is InChI=1S/C18H23FN2/c1-4-10-20-18(15-9-8-13(3)16(19)12-15)17-14(5-2)7-6-11-21-17/h6-9,11-12,18,20H,4-5,10H2,1-3H3. The van der Waals surface area contributed by atoms with Crippen LogP contribution in [0.2, 0.25) is 0 Å². The second-order valence-electron chi connectivity index (χ2n) is 5.30. The van der Waals surface area contributed by atoms with Crippen LogP contribution in [0.15, 0.2) is 36.5 Å². The van der Waals surface area contributed by atoms with E-state index in [9.17, 15) is 4.39 Å². The van der Waals surface area contributed by atoms with E-state index < -0.39 is 0 Å². The van der Waals surface area contributed by atoms with Crippen LogP contribution in [-0.4, -0.2) is 11.5 Å². The minimum Gasteiger partial charge on any atom is -0.305 e. The van der Waals surface area contributed by atoms with Crippen molar-refractivity contribution in [2.45, 2.75) is 39.7 Å². The van der Waals surface area contributed by atoms with Gasteiger partial charge in [-0.05, 0) is 55.1 Å². The second-order valence-corrected chi connectivity index (χ2v) is 5.30. The molecule has 1 unspecified atom stereocenters. The second kappa shape index (κ2) is 7.32. The SMILES string of the molecule is CCCNC(c1ccc(C)c(F)c1)c1ncccc1CC. The minimum atomic E-state index is -0.162. The Morgan fingerprint density at radius 2 is 2.05 bits per heavy atom. The van der Waals surface area contributed by atoms with Crippen LogP contribution in [0.4, 0.5) is 4.39 Å². The van der Waals surface area contributed by atoms with Crippen LogP contribution in [-0.2, 0) is 6.42 Å². The fourth-order valence-corrected chi connectivity index (χ4v) is 2.46. The largest absolute Gasteiger partial charge is 0.305 e. The number of nitrogens with one attached hydrogen (secondary N) is 1. The molecule has 112 valence electrons. The van der Waals surface area contributed by atoms with Gasteiger partial charge in [-0.1, -0.05) is 32.0 Å². The highest BCUT2D eigenvalue weighted by molar-refractivity contribution is 5.34. The normalized spacial score (nSPS) is 12.4. The van der Waals surface area contributed by atoms with Crippen LogP contribution in [0.3, 0.4) is 0 Å². The molecule has 0 aliphatic heterocycles. The van der Waals surface area contributed by atoms with Gasteiger partial charge in [-0.25, -0.2) is 4.39 Å². The summed E-state index contributed by atoms with van der Waals surface area (Å²) in [7, 11) is 0. The van der Waals surface area contributed by atoms with E-state index in [0.29, 0.717) is 5.56 Å². The Balaban J connectivity index is 2.44. The predicted octanol–water partition coefficient (Wildman–Crippen LogP) is 4.18. The Kier molecular flexibility index (Phi) is 5.45. The van der Waals surface area contributed by atoms with Gasteiger partial charge in [0.1, 0.15) is 5.82 Å². The summed E-state index contributed by atoms with van der Waals surface area (Å²) in [6.45, 7) is 6.90. The highest BCUT2D eigenvalue weighted by Crippen LogP contribution is 2.25. The average molecular weight is 286 g/mol. The third-order valence-corrected chi connectivity index (χ3v) is 3.71. The molecule has 0 aliphatic carbocycles.